The minimum absolute atomic E-state index is 0.000575. The number of hydrogen-bond donors (Lipinski definition) is 3. The third-order valence-electron chi connectivity index (χ3n) is 5.96. The molecule has 1 saturated heterocycles. The molecule has 7 nitrogen and oxygen atoms in total. The van der Waals surface area contributed by atoms with Crippen LogP contribution in [-0.2, 0) is 0 Å². The number of halogens is 1. The van der Waals surface area contributed by atoms with Crippen LogP contribution >= 0.6 is 11.6 Å². The third kappa shape index (κ3) is 9.99. The van der Waals surface area contributed by atoms with Crippen molar-refractivity contribution in [2.45, 2.75) is 32.9 Å². The molecule has 0 aromatic heterocycles. The summed E-state index contributed by atoms with van der Waals surface area (Å²) in [5, 5.41) is 20.2. The Kier molecular flexibility index (Phi) is 13.7. The van der Waals surface area contributed by atoms with E-state index in [1.807, 2.05) is 74.5 Å². The summed E-state index contributed by atoms with van der Waals surface area (Å²) in [5.74, 6) is 0.254. The lowest BCUT2D eigenvalue weighted by atomic mass is 10.0. The Hall–Kier alpha value is -3.10. The van der Waals surface area contributed by atoms with Gasteiger partial charge < -0.3 is 25.6 Å². The fourth-order valence-corrected chi connectivity index (χ4v) is 4.29. The number of aliphatic hydroxyl groups is 2. The van der Waals surface area contributed by atoms with Gasteiger partial charge in [0, 0.05) is 48.5 Å². The van der Waals surface area contributed by atoms with Crippen LogP contribution in [0.3, 0.4) is 0 Å². The number of ether oxygens (including phenoxy) is 1. The Balaban J connectivity index is 0.000000481. The van der Waals surface area contributed by atoms with E-state index in [4.69, 9.17) is 27.2 Å². The summed E-state index contributed by atoms with van der Waals surface area (Å²) in [6.07, 6.45) is -0.670. The number of piperazine rings is 1. The van der Waals surface area contributed by atoms with Crippen LogP contribution in [0.25, 0.3) is 0 Å². The van der Waals surface area contributed by atoms with Gasteiger partial charge in [-0.2, -0.15) is 0 Å². The lowest BCUT2D eigenvalue weighted by molar-refractivity contribution is 0.0993. The van der Waals surface area contributed by atoms with Crippen molar-refractivity contribution in [1.82, 2.24) is 4.90 Å². The van der Waals surface area contributed by atoms with Crippen LogP contribution in [-0.4, -0.2) is 66.5 Å². The first-order valence-electron chi connectivity index (χ1n) is 13.0. The molecule has 0 spiro atoms. The van der Waals surface area contributed by atoms with Crippen LogP contribution in [0.5, 0.6) is 5.75 Å². The molecular weight excluding hydrogens is 502 g/mol. The molecule has 3 aromatic carbocycles. The zero-order chi connectivity index (χ0) is 27.9. The van der Waals surface area contributed by atoms with Gasteiger partial charge in [-0.25, -0.2) is 0 Å². The topological polar surface area (TPSA) is 99.3 Å². The van der Waals surface area contributed by atoms with Gasteiger partial charge in [-0.3, -0.25) is 9.69 Å². The molecule has 1 aliphatic heterocycles. The predicted molar refractivity (Wildman–Crippen MR) is 155 cm³/mol. The van der Waals surface area contributed by atoms with Crippen molar-refractivity contribution in [3.8, 4) is 5.75 Å². The van der Waals surface area contributed by atoms with E-state index in [0.717, 1.165) is 36.1 Å². The van der Waals surface area contributed by atoms with Crippen molar-refractivity contribution in [3.63, 3.8) is 0 Å². The number of benzene rings is 3. The molecule has 1 amide bonds. The van der Waals surface area contributed by atoms with Gasteiger partial charge in [0.05, 0.1) is 12.7 Å². The minimum Gasteiger partial charge on any atom is -0.491 e. The van der Waals surface area contributed by atoms with Crippen LogP contribution in [0.4, 0.5) is 5.69 Å². The number of β-amino-alcohol motifs (C(OH)–C–C–N with tert-alkyl or cyclic N) is 1. The second-order valence-corrected chi connectivity index (χ2v) is 9.11. The Labute approximate surface area is 231 Å². The SMILES string of the molecule is CC.CC1CN(CC(O)c2cccc(C(N)=O)c2)CCN1c1ccc(OCCO)cc1.Clc1ccccc1. The van der Waals surface area contributed by atoms with Gasteiger partial charge in [-0.15, -0.1) is 0 Å². The molecule has 2 unspecified atom stereocenters. The molecule has 4 rings (SSSR count). The van der Waals surface area contributed by atoms with E-state index in [1.54, 1.807) is 18.2 Å². The predicted octanol–water partition coefficient (Wildman–Crippen LogP) is 4.77. The summed E-state index contributed by atoms with van der Waals surface area (Å²) in [7, 11) is 0. The Morgan fingerprint density at radius 1 is 1.05 bits per heavy atom. The number of anilines is 1. The summed E-state index contributed by atoms with van der Waals surface area (Å²) in [4.78, 5) is 15.9. The number of rotatable bonds is 8. The third-order valence-corrected chi connectivity index (χ3v) is 6.21. The van der Waals surface area contributed by atoms with Gasteiger partial charge in [0.2, 0.25) is 5.91 Å². The highest BCUT2D eigenvalue weighted by atomic mass is 35.5. The molecular formula is C30H40ClN3O4. The van der Waals surface area contributed by atoms with Gasteiger partial charge >= 0.3 is 0 Å². The minimum atomic E-state index is -0.670. The van der Waals surface area contributed by atoms with Crippen LogP contribution in [0.1, 0.15) is 42.8 Å². The second kappa shape index (κ2) is 16.7. The monoisotopic (exact) mass is 541 g/mol. The molecule has 1 heterocycles. The number of nitrogens with zero attached hydrogens (tertiary/aromatic N) is 2. The summed E-state index contributed by atoms with van der Waals surface area (Å²) in [5.41, 5.74) is 7.57. The molecule has 0 aliphatic carbocycles. The van der Waals surface area contributed by atoms with E-state index >= 15 is 0 Å². The normalized spacial score (nSPS) is 15.8. The van der Waals surface area contributed by atoms with E-state index in [2.05, 4.69) is 16.7 Å². The van der Waals surface area contributed by atoms with E-state index in [9.17, 15) is 9.90 Å². The van der Waals surface area contributed by atoms with Gasteiger partial charge in [0.15, 0.2) is 0 Å². The smallest absolute Gasteiger partial charge is 0.248 e. The first kappa shape index (κ1) is 31.1. The van der Waals surface area contributed by atoms with Crippen LogP contribution in [0, 0.1) is 0 Å². The summed E-state index contributed by atoms with van der Waals surface area (Å²) < 4.78 is 5.42. The average Bonchev–Trinajstić information content (AvgIpc) is 2.94. The summed E-state index contributed by atoms with van der Waals surface area (Å²) in [6.45, 7) is 9.48. The van der Waals surface area contributed by atoms with Crippen molar-refractivity contribution < 1.29 is 19.7 Å². The molecule has 38 heavy (non-hydrogen) atoms. The van der Waals surface area contributed by atoms with E-state index in [-0.39, 0.29) is 12.6 Å². The van der Waals surface area contributed by atoms with Crippen molar-refractivity contribution in [2.24, 2.45) is 5.73 Å². The molecule has 8 heteroatoms. The molecule has 3 aromatic rings. The summed E-state index contributed by atoms with van der Waals surface area (Å²) >= 11 is 5.54. The first-order chi connectivity index (χ1) is 18.4. The Morgan fingerprint density at radius 3 is 2.29 bits per heavy atom. The lowest BCUT2D eigenvalue weighted by Crippen LogP contribution is -2.52. The molecule has 0 radical (unpaired) electrons. The van der Waals surface area contributed by atoms with Crippen LogP contribution in [0.2, 0.25) is 5.02 Å². The van der Waals surface area contributed by atoms with Crippen LogP contribution < -0.4 is 15.4 Å². The van der Waals surface area contributed by atoms with Crippen molar-refractivity contribution in [1.29, 1.82) is 0 Å². The number of carbonyl (C=O) groups is 1. The Morgan fingerprint density at radius 2 is 1.74 bits per heavy atom. The molecule has 1 aliphatic rings. The van der Waals surface area contributed by atoms with E-state index in [1.165, 1.54) is 0 Å². The second-order valence-electron chi connectivity index (χ2n) is 8.67. The van der Waals surface area contributed by atoms with Crippen molar-refractivity contribution in [3.05, 3.63) is 95.0 Å². The highest BCUT2D eigenvalue weighted by Crippen LogP contribution is 2.25. The number of amides is 1. The largest absolute Gasteiger partial charge is 0.491 e. The number of primary amides is 1. The quantitative estimate of drug-likeness (QED) is 0.380. The van der Waals surface area contributed by atoms with E-state index in [0.29, 0.717) is 24.3 Å². The zero-order valence-electron chi connectivity index (χ0n) is 22.5. The maximum Gasteiger partial charge on any atom is 0.248 e. The lowest BCUT2D eigenvalue weighted by Gasteiger charge is -2.42. The highest BCUT2D eigenvalue weighted by Gasteiger charge is 2.25. The van der Waals surface area contributed by atoms with Gasteiger partial charge in [0.25, 0.3) is 0 Å². The maximum absolute atomic E-state index is 11.4. The first-order valence-corrected chi connectivity index (χ1v) is 13.4. The fraction of sp³-hybridized carbons (Fsp3) is 0.367. The molecule has 1 fully saturated rings. The van der Waals surface area contributed by atoms with Crippen LogP contribution in [0.15, 0.2) is 78.9 Å². The number of hydrogen-bond acceptors (Lipinski definition) is 6. The standard InChI is InChI=1S/C22H29N3O4.C6H5Cl.C2H6/c1-16-14-24(15-21(27)17-3-2-4-18(13-17)22(23)28)9-10-25(16)19-5-7-20(8-6-19)29-12-11-26;7-6-4-2-1-3-5-6;1-2/h2-8,13,16,21,26-27H,9-12,14-15H2,1H3,(H2,23,28);1-5H;1-2H3. The zero-order valence-corrected chi connectivity index (χ0v) is 23.2. The summed E-state index contributed by atoms with van der Waals surface area (Å²) in [6, 6.07) is 24.5. The highest BCUT2D eigenvalue weighted by molar-refractivity contribution is 6.30. The maximum atomic E-state index is 11.4. The molecule has 0 saturated carbocycles. The van der Waals surface area contributed by atoms with Gasteiger partial charge in [-0.05, 0) is 61.0 Å². The van der Waals surface area contributed by atoms with Crippen molar-refractivity contribution in [2.75, 3.05) is 44.3 Å². The number of aliphatic hydroxyl groups excluding tert-OH is 2. The Bertz CT molecular complexity index is 1080. The van der Waals surface area contributed by atoms with Gasteiger partial charge in [0.1, 0.15) is 12.4 Å². The van der Waals surface area contributed by atoms with Crippen molar-refractivity contribution >= 4 is 23.2 Å². The average molecular weight is 542 g/mol. The van der Waals surface area contributed by atoms with E-state index < -0.39 is 12.0 Å². The molecule has 206 valence electrons. The fourth-order valence-electron chi connectivity index (χ4n) is 4.14. The number of carbonyl (C=O) groups excluding carboxylic acids is 1. The van der Waals surface area contributed by atoms with Gasteiger partial charge in [-0.1, -0.05) is 55.8 Å². The molecule has 2 atom stereocenters. The molecule has 4 N–H and O–H groups in total. The molecule has 0 bridgehead atoms. The number of nitrogens with two attached hydrogens (primary N) is 1.